The molecule has 1 aromatic rings. The molecule has 0 amide bonds. The van der Waals surface area contributed by atoms with Crippen LogP contribution in [0.4, 0.5) is 0 Å². The predicted molar refractivity (Wildman–Crippen MR) is 69.1 cm³/mol. The van der Waals surface area contributed by atoms with Gasteiger partial charge in [0.25, 0.3) is 0 Å². The van der Waals surface area contributed by atoms with Gasteiger partial charge in [-0.2, -0.15) is 0 Å². The summed E-state index contributed by atoms with van der Waals surface area (Å²) in [6.07, 6.45) is 0. The number of esters is 1. The first-order valence-corrected chi connectivity index (χ1v) is 6.95. The van der Waals surface area contributed by atoms with Crippen LogP contribution in [0.15, 0.2) is 15.9 Å². The van der Waals surface area contributed by atoms with Gasteiger partial charge in [0.1, 0.15) is 6.04 Å². The first-order chi connectivity index (χ1) is 8.20. The Kier molecular flexibility index (Phi) is 4.55. The van der Waals surface area contributed by atoms with E-state index in [1.54, 1.807) is 11.3 Å². The lowest BCUT2D eigenvalue weighted by Crippen LogP contribution is -2.49. The van der Waals surface area contributed by atoms with Crippen molar-refractivity contribution >= 4 is 33.2 Å². The normalized spacial score (nSPS) is 21.4. The number of halogens is 1. The first kappa shape index (κ1) is 13.0. The van der Waals surface area contributed by atoms with Crippen LogP contribution in [-0.4, -0.2) is 43.8 Å². The summed E-state index contributed by atoms with van der Waals surface area (Å²) >= 11 is 5.12. The first-order valence-electron chi connectivity index (χ1n) is 5.34. The van der Waals surface area contributed by atoms with Gasteiger partial charge in [-0.15, -0.1) is 11.3 Å². The van der Waals surface area contributed by atoms with Crippen molar-refractivity contribution in [1.82, 2.24) is 4.90 Å². The second kappa shape index (κ2) is 5.95. The van der Waals surface area contributed by atoms with Crippen LogP contribution >= 0.6 is 27.3 Å². The van der Waals surface area contributed by atoms with Crippen molar-refractivity contribution in [3.05, 3.63) is 20.8 Å². The van der Waals surface area contributed by atoms with E-state index in [1.807, 2.05) is 6.07 Å². The van der Waals surface area contributed by atoms with E-state index in [0.717, 1.165) is 16.9 Å². The van der Waals surface area contributed by atoms with Crippen molar-refractivity contribution in [2.24, 2.45) is 0 Å². The lowest BCUT2D eigenvalue weighted by Gasteiger charge is -2.33. The van der Waals surface area contributed by atoms with Gasteiger partial charge in [-0.1, -0.05) is 0 Å². The second-order valence-electron chi connectivity index (χ2n) is 3.79. The molecule has 0 spiro atoms. The third-order valence-corrected chi connectivity index (χ3v) is 4.31. The van der Waals surface area contributed by atoms with Gasteiger partial charge >= 0.3 is 5.97 Å². The zero-order valence-corrected chi connectivity index (χ0v) is 11.9. The van der Waals surface area contributed by atoms with Gasteiger partial charge in [0, 0.05) is 18.0 Å². The van der Waals surface area contributed by atoms with Crippen LogP contribution in [0.3, 0.4) is 0 Å². The Hall–Kier alpha value is -0.430. The summed E-state index contributed by atoms with van der Waals surface area (Å²) in [5.41, 5.74) is 0. The maximum atomic E-state index is 11.6. The van der Waals surface area contributed by atoms with E-state index < -0.39 is 0 Å². The Balaban J connectivity index is 2.03. The van der Waals surface area contributed by atoms with Crippen LogP contribution in [-0.2, 0) is 20.8 Å². The predicted octanol–water partition coefficient (Wildman–Crippen LogP) is 1.88. The minimum absolute atomic E-state index is 0.222. The molecule has 0 aliphatic carbocycles. The number of carbonyl (C=O) groups excluding carboxylic acids is 1. The average Bonchev–Trinajstić information content (AvgIpc) is 2.74. The smallest absolute Gasteiger partial charge is 0.325 e. The van der Waals surface area contributed by atoms with Crippen LogP contribution < -0.4 is 0 Å². The zero-order chi connectivity index (χ0) is 12.3. The highest BCUT2D eigenvalue weighted by molar-refractivity contribution is 9.11. The number of thiophene rings is 1. The largest absolute Gasteiger partial charge is 0.468 e. The molecule has 0 bridgehead atoms. The number of rotatable bonds is 3. The molecule has 0 aromatic carbocycles. The maximum Gasteiger partial charge on any atom is 0.325 e. The molecular formula is C11H14BrNO3S. The van der Waals surface area contributed by atoms with E-state index in [-0.39, 0.29) is 12.0 Å². The molecule has 1 aliphatic heterocycles. The molecule has 2 heterocycles. The minimum Gasteiger partial charge on any atom is -0.468 e. The third-order valence-electron chi connectivity index (χ3n) is 2.70. The average molecular weight is 320 g/mol. The van der Waals surface area contributed by atoms with Gasteiger partial charge in [-0.05, 0) is 28.1 Å². The number of nitrogens with zero attached hydrogens (tertiary/aromatic N) is 1. The van der Waals surface area contributed by atoms with Crippen molar-refractivity contribution in [1.29, 1.82) is 0 Å². The fourth-order valence-electron chi connectivity index (χ4n) is 1.82. The van der Waals surface area contributed by atoms with Gasteiger partial charge in [0.15, 0.2) is 0 Å². The molecule has 94 valence electrons. The zero-order valence-electron chi connectivity index (χ0n) is 9.52. The standard InChI is InChI=1S/C11H14BrNO3S/c1-15-11(14)9-7-16-5-4-13(9)6-8-2-3-10(12)17-8/h2-3,9H,4-7H2,1H3. The SMILES string of the molecule is COC(=O)C1COCCN1Cc1ccc(Br)s1. The Labute approximate surface area is 113 Å². The lowest BCUT2D eigenvalue weighted by atomic mass is 10.2. The Morgan fingerprint density at radius 2 is 2.53 bits per heavy atom. The summed E-state index contributed by atoms with van der Waals surface area (Å²) in [5, 5.41) is 0. The monoisotopic (exact) mass is 319 g/mol. The number of carbonyl (C=O) groups is 1. The molecule has 1 unspecified atom stereocenters. The molecule has 2 rings (SSSR count). The fraction of sp³-hybridized carbons (Fsp3) is 0.545. The van der Waals surface area contributed by atoms with E-state index in [0.29, 0.717) is 13.2 Å². The van der Waals surface area contributed by atoms with E-state index in [4.69, 9.17) is 9.47 Å². The number of ether oxygens (including phenoxy) is 2. The summed E-state index contributed by atoms with van der Waals surface area (Å²) in [6, 6.07) is 3.81. The summed E-state index contributed by atoms with van der Waals surface area (Å²) in [4.78, 5) is 15.0. The Morgan fingerprint density at radius 1 is 1.71 bits per heavy atom. The molecule has 1 atom stereocenters. The van der Waals surface area contributed by atoms with E-state index in [1.165, 1.54) is 12.0 Å². The third kappa shape index (κ3) is 3.28. The van der Waals surface area contributed by atoms with E-state index >= 15 is 0 Å². The van der Waals surface area contributed by atoms with Crippen molar-refractivity contribution < 1.29 is 14.3 Å². The molecule has 1 aromatic heterocycles. The minimum atomic E-state index is -0.283. The molecule has 6 heteroatoms. The summed E-state index contributed by atoms with van der Waals surface area (Å²) in [5.74, 6) is -0.222. The molecular weight excluding hydrogens is 306 g/mol. The topological polar surface area (TPSA) is 38.8 Å². The number of methoxy groups -OCH3 is 1. The van der Waals surface area contributed by atoms with Crippen LogP contribution in [0.2, 0.25) is 0 Å². The quantitative estimate of drug-likeness (QED) is 0.797. The van der Waals surface area contributed by atoms with Gasteiger partial charge in [0.05, 0.1) is 24.1 Å². The van der Waals surface area contributed by atoms with E-state index in [9.17, 15) is 4.79 Å². The highest BCUT2D eigenvalue weighted by atomic mass is 79.9. The number of hydrogen-bond donors (Lipinski definition) is 0. The van der Waals surface area contributed by atoms with Crippen molar-refractivity contribution in [3.8, 4) is 0 Å². The van der Waals surface area contributed by atoms with Crippen molar-refractivity contribution in [3.63, 3.8) is 0 Å². The van der Waals surface area contributed by atoms with Crippen LogP contribution in [0.5, 0.6) is 0 Å². The molecule has 1 aliphatic rings. The summed E-state index contributed by atoms with van der Waals surface area (Å²) in [7, 11) is 1.41. The molecule has 1 fully saturated rings. The molecule has 4 nitrogen and oxygen atoms in total. The van der Waals surface area contributed by atoms with E-state index in [2.05, 4.69) is 26.9 Å². The highest BCUT2D eigenvalue weighted by Gasteiger charge is 2.30. The van der Waals surface area contributed by atoms with Crippen LogP contribution in [0.1, 0.15) is 4.88 Å². The second-order valence-corrected chi connectivity index (χ2v) is 6.34. The molecule has 0 radical (unpaired) electrons. The summed E-state index contributed by atoms with van der Waals surface area (Å²) in [6.45, 7) is 2.61. The lowest BCUT2D eigenvalue weighted by molar-refractivity contribution is -0.153. The molecule has 0 saturated carbocycles. The fourth-order valence-corrected chi connectivity index (χ4v) is 3.33. The Bertz CT molecular complexity index is 396. The molecule has 17 heavy (non-hydrogen) atoms. The van der Waals surface area contributed by atoms with Crippen LogP contribution in [0, 0.1) is 0 Å². The number of hydrogen-bond acceptors (Lipinski definition) is 5. The molecule has 1 saturated heterocycles. The Morgan fingerprint density at radius 3 is 3.18 bits per heavy atom. The molecule has 0 N–H and O–H groups in total. The van der Waals surface area contributed by atoms with Crippen LogP contribution in [0.25, 0.3) is 0 Å². The highest BCUT2D eigenvalue weighted by Crippen LogP contribution is 2.24. The van der Waals surface area contributed by atoms with Crippen molar-refractivity contribution in [2.75, 3.05) is 26.9 Å². The van der Waals surface area contributed by atoms with Gasteiger partial charge in [0.2, 0.25) is 0 Å². The summed E-state index contributed by atoms with van der Waals surface area (Å²) < 4.78 is 11.2. The van der Waals surface area contributed by atoms with Gasteiger partial charge < -0.3 is 9.47 Å². The number of morpholine rings is 1. The van der Waals surface area contributed by atoms with Gasteiger partial charge in [-0.3, -0.25) is 9.69 Å². The maximum absolute atomic E-state index is 11.6. The van der Waals surface area contributed by atoms with Gasteiger partial charge in [-0.25, -0.2) is 0 Å². The van der Waals surface area contributed by atoms with Crippen molar-refractivity contribution in [2.45, 2.75) is 12.6 Å².